The topological polar surface area (TPSA) is 83.5 Å². The predicted molar refractivity (Wildman–Crippen MR) is 94.5 cm³/mol. The SMILES string of the molecule is C=CC(=O)OCCC[N+](CCCC)(CCCC)CCCS(=O)(=O)[O-]. The van der Waals surface area contributed by atoms with E-state index in [1.165, 1.54) is 0 Å². The van der Waals surface area contributed by atoms with Crippen molar-refractivity contribution >= 4 is 16.1 Å². The Morgan fingerprint density at radius 2 is 1.54 bits per heavy atom. The van der Waals surface area contributed by atoms with Crippen LogP contribution in [-0.4, -0.2) is 62.0 Å². The van der Waals surface area contributed by atoms with Crippen molar-refractivity contribution in [3.8, 4) is 0 Å². The van der Waals surface area contributed by atoms with E-state index >= 15 is 0 Å². The molecule has 0 fully saturated rings. The number of quaternary nitrogens is 1. The Labute approximate surface area is 147 Å². The summed E-state index contributed by atoms with van der Waals surface area (Å²) >= 11 is 0. The molecule has 0 radical (unpaired) electrons. The van der Waals surface area contributed by atoms with Gasteiger partial charge in [-0.15, -0.1) is 0 Å². The number of unbranched alkanes of at least 4 members (excludes halogenated alkanes) is 2. The van der Waals surface area contributed by atoms with E-state index in [0.717, 1.165) is 62.3 Å². The summed E-state index contributed by atoms with van der Waals surface area (Å²) in [5.74, 6) is -0.732. The minimum absolute atomic E-state index is 0.309. The molecule has 0 heterocycles. The molecule has 6 nitrogen and oxygen atoms in total. The van der Waals surface area contributed by atoms with E-state index in [4.69, 9.17) is 4.74 Å². The van der Waals surface area contributed by atoms with Crippen molar-refractivity contribution in [2.45, 2.75) is 52.4 Å². The lowest BCUT2D eigenvalue weighted by atomic mass is 10.1. The fraction of sp³-hybridized carbons (Fsp3) is 0.824. The van der Waals surface area contributed by atoms with Gasteiger partial charge in [0.05, 0.1) is 42.9 Å². The number of carbonyl (C=O) groups is 1. The Kier molecular flexibility index (Phi) is 12.0. The molecule has 0 aliphatic carbocycles. The first-order valence-corrected chi connectivity index (χ1v) is 10.4. The highest BCUT2D eigenvalue weighted by molar-refractivity contribution is 7.85. The Balaban J connectivity index is 4.76. The van der Waals surface area contributed by atoms with Crippen LogP contribution in [0.1, 0.15) is 52.4 Å². The second-order valence-corrected chi connectivity index (χ2v) is 7.81. The maximum Gasteiger partial charge on any atom is 0.330 e. The lowest BCUT2D eigenvalue weighted by Crippen LogP contribution is -2.51. The summed E-state index contributed by atoms with van der Waals surface area (Å²) in [7, 11) is -4.17. The summed E-state index contributed by atoms with van der Waals surface area (Å²) in [6, 6.07) is 0. The van der Waals surface area contributed by atoms with Crippen molar-refractivity contribution in [2.75, 3.05) is 38.5 Å². The van der Waals surface area contributed by atoms with Crippen LogP contribution in [0.3, 0.4) is 0 Å². The van der Waals surface area contributed by atoms with E-state index in [1.807, 2.05) is 0 Å². The first-order valence-electron chi connectivity index (χ1n) is 8.86. The van der Waals surface area contributed by atoms with Crippen LogP contribution in [0, 0.1) is 0 Å². The number of nitrogens with zero attached hydrogens (tertiary/aromatic N) is 1. The molecule has 0 aliphatic rings. The molecule has 0 amide bonds. The third kappa shape index (κ3) is 11.6. The Morgan fingerprint density at radius 3 is 2.00 bits per heavy atom. The molecule has 7 heteroatoms. The van der Waals surface area contributed by atoms with Crippen molar-refractivity contribution in [3.63, 3.8) is 0 Å². The molecule has 0 rings (SSSR count). The first-order chi connectivity index (χ1) is 11.3. The molecule has 0 aromatic rings. The summed E-state index contributed by atoms with van der Waals surface area (Å²) < 4.78 is 38.5. The molecular formula is C17H33NO5S. The van der Waals surface area contributed by atoms with Gasteiger partial charge in [-0.05, 0) is 12.8 Å². The van der Waals surface area contributed by atoms with Gasteiger partial charge in [-0.2, -0.15) is 0 Å². The minimum atomic E-state index is -4.17. The van der Waals surface area contributed by atoms with Gasteiger partial charge < -0.3 is 13.8 Å². The molecular weight excluding hydrogens is 330 g/mol. The van der Waals surface area contributed by atoms with Crippen LogP contribution in [0.25, 0.3) is 0 Å². The smallest absolute Gasteiger partial charge is 0.330 e. The fourth-order valence-electron chi connectivity index (χ4n) is 2.87. The maximum absolute atomic E-state index is 11.1. The van der Waals surface area contributed by atoms with Crippen LogP contribution in [-0.2, 0) is 19.6 Å². The second-order valence-electron chi connectivity index (χ2n) is 6.28. The maximum atomic E-state index is 11.1. The van der Waals surface area contributed by atoms with Crippen LogP contribution in [0.5, 0.6) is 0 Å². The lowest BCUT2D eigenvalue weighted by molar-refractivity contribution is -0.928. The first kappa shape index (κ1) is 23.1. The van der Waals surface area contributed by atoms with Gasteiger partial charge in [-0.3, -0.25) is 0 Å². The summed E-state index contributed by atoms with van der Waals surface area (Å²) in [5.41, 5.74) is 0. The third-order valence-electron chi connectivity index (χ3n) is 4.19. The van der Waals surface area contributed by atoms with Crippen LogP contribution in [0.2, 0.25) is 0 Å². The van der Waals surface area contributed by atoms with Gasteiger partial charge in [0.15, 0.2) is 0 Å². The second kappa shape index (κ2) is 12.4. The fourth-order valence-corrected chi connectivity index (χ4v) is 3.35. The van der Waals surface area contributed by atoms with Crippen molar-refractivity contribution in [2.24, 2.45) is 0 Å². The summed E-state index contributed by atoms with van der Waals surface area (Å²) in [4.78, 5) is 11.1. The van der Waals surface area contributed by atoms with Gasteiger partial charge in [0.1, 0.15) is 0 Å². The predicted octanol–water partition coefficient (Wildman–Crippen LogP) is 2.46. The van der Waals surface area contributed by atoms with Crippen molar-refractivity contribution in [1.82, 2.24) is 0 Å². The van der Waals surface area contributed by atoms with Crippen LogP contribution in [0.15, 0.2) is 12.7 Å². The van der Waals surface area contributed by atoms with Crippen LogP contribution >= 0.6 is 0 Å². The molecule has 0 bridgehead atoms. The highest BCUT2D eigenvalue weighted by Gasteiger charge is 2.26. The zero-order valence-corrected chi connectivity index (χ0v) is 16.0. The number of rotatable bonds is 15. The number of hydrogen-bond donors (Lipinski definition) is 0. The summed E-state index contributed by atoms with van der Waals surface area (Å²) in [5, 5.41) is 0. The van der Waals surface area contributed by atoms with Crippen molar-refractivity contribution in [1.29, 1.82) is 0 Å². The van der Waals surface area contributed by atoms with Gasteiger partial charge in [0.25, 0.3) is 0 Å². The van der Waals surface area contributed by atoms with E-state index < -0.39 is 16.1 Å². The van der Waals surface area contributed by atoms with E-state index in [0.29, 0.717) is 19.6 Å². The van der Waals surface area contributed by atoms with Crippen molar-refractivity contribution in [3.05, 3.63) is 12.7 Å². The molecule has 0 spiro atoms. The third-order valence-corrected chi connectivity index (χ3v) is 4.98. The molecule has 0 saturated heterocycles. The molecule has 0 aromatic heterocycles. The highest BCUT2D eigenvalue weighted by atomic mass is 32.2. The summed E-state index contributed by atoms with van der Waals surface area (Å²) in [6.45, 7) is 11.4. The van der Waals surface area contributed by atoms with Gasteiger partial charge >= 0.3 is 5.97 Å². The zero-order valence-electron chi connectivity index (χ0n) is 15.2. The molecule has 24 heavy (non-hydrogen) atoms. The molecule has 0 N–H and O–H groups in total. The Bertz CT molecular complexity index is 454. The standard InChI is InChI=1S/C17H33NO5S/c1-4-7-11-18(12-8-5-2,14-10-16-24(20,21)22)13-9-15-23-17(19)6-3/h6H,3-5,7-16H2,1-2H3. The molecule has 0 aliphatic heterocycles. The molecule has 142 valence electrons. The van der Waals surface area contributed by atoms with Crippen LogP contribution < -0.4 is 0 Å². The number of carbonyl (C=O) groups excluding carboxylic acids is 1. The molecule has 0 unspecified atom stereocenters. The quantitative estimate of drug-likeness (QED) is 0.147. The normalized spacial score (nSPS) is 12.1. The summed E-state index contributed by atoms with van der Waals surface area (Å²) in [6.07, 6.45) is 6.49. The number of esters is 1. The van der Waals surface area contributed by atoms with Crippen LogP contribution in [0.4, 0.5) is 0 Å². The van der Waals surface area contributed by atoms with Crippen molar-refractivity contribution < 1.29 is 27.0 Å². The van der Waals surface area contributed by atoms with Gasteiger partial charge in [0.2, 0.25) is 0 Å². The lowest BCUT2D eigenvalue weighted by Gasteiger charge is -2.39. The van der Waals surface area contributed by atoms with Gasteiger partial charge in [0, 0.05) is 24.7 Å². The Morgan fingerprint density at radius 1 is 1.04 bits per heavy atom. The van der Waals surface area contributed by atoms with Gasteiger partial charge in [-0.25, -0.2) is 13.2 Å². The molecule has 0 aromatic carbocycles. The zero-order chi connectivity index (χ0) is 18.5. The molecule has 0 atom stereocenters. The van der Waals surface area contributed by atoms with E-state index in [2.05, 4.69) is 20.4 Å². The minimum Gasteiger partial charge on any atom is -0.748 e. The average molecular weight is 364 g/mol. The van der Waals surface area contributed by atoms with E-state index in [-0.39, 0.29) is 5.75 Å². The van der Waals surface area contributed by atoms with E-state index in [1.54, 1.807) is 0 Å². The highest BCUT2D eigenvalue weighted by Crippen LogP contribution is 2.15. The largest absolute Gasteiger partial charge is 0.748 e. The van der Waals surface area contributed by atoms with Gasteiger partial charge in [-0.1, -0.05) is 33.3 Å². The Hall–Kier alpha value is -0.920. The van der Waals surface area contributed by atoms with E-state index in [9.17, 15) is 17.8 Å². The number of ether oxygens (including phenoxy) is 1. The monoisotopic (exact) mass is 363 g/mol. The average Bonchev–Trinajstić information content (AvgIpc) is 2.53. The molecule has 0 saturated carbocycles. The number of hydrogen-bond acceptors (Lipinski definition) is 5.